The zero-order chi connectivity index (χ0) is 13.1. The van der Waals surface area contributed by atoms with Crippen LogP contribution < -0.4 is 16.8 Å². The van der Waals surface area contributed by atoms with Crippen LogP contribution in [0.15, 0.2) is 24.4 Å². The van der Waals surface area contributed by atoms with Crippen molar-refractivity contribution in [2.45, 2.75) is 13.5 Å². The van der Waals surface area contributed by atoms with Crippen LogP contribution in [0.4, 0.5) is 11.4 Å². The van der Waals surface area contributed by atoms with E-state index in [2.05, 4.69) is 15.5 Å². The van der Waals surface area contributed by atoms with Gasteiger partial charge in [-0.2, -0.15) is 5.10 Å². The summed E-state index contributed by atoms with van der Waals surface area (Å²) in [7, 11) is 0. The molecule has 1 aromatic carbocycles. The van der Waals surface area contributed by atoms with Crippen molar-refractivity contribution in [2.75, 3.05) is 11.1 Å². The summed E-state index contributed by atoms with van der Waals surface area (Å²) >= 11 is 0. The number of primary amides is 1. The van der Waals surface area contributed by atoms with E-state index in [9.17, 15) is 4.79 Å². The van der Waals surface area contributed by atoms with E-state index < -0.39 is 5.91 Å². The van der Waals surface area contributed by atoms with E-state index in [-0.39, 0.29) is 0 Å². The Morgan fingerprint density at radius 2 is 2.28 bits per heavy atom. The van der Waals surface area contributed by atoms with Crippen LogP contribution in [-0.4, -0.2) is 16.1 Å². The van der Waals surface area contributed by atoms with Crippen molar-refractivity contribution in [1.82, 2.24) is 10.2 Å². The minimum absolute atomic E-state index is 0.426. The minimum atomic E-state index is -0.474. The molecule has 18 heavy (non-hydrogen) atoms. The molecule has 1 amide bonds. The number of carbonyl (C=O) groups excluding carboxylic acids is 1. The Hall–Kier alpha value is -2.50. The fourth-order valence-corrected chi connectivity index (χ4v) is 1.61. The van der Waals surface area contributed by atoms with Gasteiger partial charge in [0.15, 0.2) is 0 Å². The molecular weight excluding hydrogens is 230 g/mol. The quantitative estimate of drug-likeness (QED) is 0.602. The molecule has 0 radical (unpaired) electrons. The maximum Gasteiger partial charge on any atom is 0.248 e. The number of nitrogens with one attached hydrogen (secondary N) is 2. The average molecular weight is 245 g/mol. The van der Waals surface area contributed by atoms with Crippen LogP contribution in [0.5, 0.6) is 0 Å². The molecule has 94 valence electrons. The number of aryl methyl sites for hydroxylation is 1. The molecule has 0 spiro atoms. The van der Waals surface area contributed by atoms with Gasteiger partial charge in [-0.3, -0.25) is 9.89 Å². The Balaban J connectivity index is 2.16. The molecule has 6 nitrogen and oxygen atoms in total. The van der Waals surface area contributed by atoms with Gasteiger partial charge in [-0.25, -0.2) is 0 Å². The Morgan fingerprint density at radius 3 is 2.89 bits per heavy atom. The number of H-pyrrole nitrogens is 1. The number of nitrogens with zero attached hydrogens (tertiary/aromatic N) is 1. The van der Waals surface area contributed by atoms with Crippen molar-refractivity contribution in [1.29, 1.82) is 0 Å². The molecule has 0 fully saturated rings. The molecule has 0 aliphatic carbocycles. The maximum atomic E-state index is 11.1. The van der Waals surface area contributed by atoms with Crippen LogP contribution in [-0.2, 0) is 6.54 Å². The predicted octanol–water partition coefficient (Wildman–Crippen LogP) is 1.01. The zero-order valence-electron chi connectivity index (χ0n) is 10.0. The van der Waals surface area contributed by atoms with E-state index in [1.54, 1.807) is 24.4 Å². The van der Waals surface area contributed by atoms with Crippen molar-refractivity contribution in [3.63, 3.8) is 0 Å². The fraction of sp³-hybridized carbons (Fsp3) is 0.167. The topological polar surface area (TPSA) is 110 Å². The zero-order valence-corrected chi connectivity index (χ0v) is 10.0. The summed E-state index contributed by atoms with van der Waals surface area (Å²) in [5.74, 6) is -0.474. The van der Waals surface area contributed by atoms with Gasteiger partial charge in [0.05, 0.1) is 17.6 Å². The lowest BCUT2D eigenvalue weighted by molar-refractivity contribution is 0.100. The first-order valence-electron chi connectivity index (χ1n) is 5.50. The molecule has 0 aliphatic rings. The summed E-state index contributed by atoms with van der Waals surface area (Å²) in [5.41, 5.74) is 14.8. The highest BCUT2D eigenvalue weighted by Crippen LogP contribution is 2.20. The number of benzene rings is 1. The van der Waals surface area contributed by atoms with Gasteiger partial charge < -0.3 is 16.8 Å². The SMILES string of the molecule is Cc1[nH]ncc1CNc1cc(C(N)=O)ccc1N. The van der Waals surface area contributed by atoms with Crippen molar-refractivity contribution >= 4 is 17.3 Å². The summed E-state index contributed by atoms with van der Waals surface area (Å²) in [4.78, 5) is 11.1. The maximum absolute atomic E-state index is 11.1. The fourth-order valence-electron chi connectivity index (χ4n) is 1.61. The van der Waals surface area contributed by atoms with Gasteiger partial charge in [0.1, 0.15) is 0 Å². The highest BCUT2D eigenvalue weighted by molar-refractivity contribution is 5.94. The smallest absolute Gasteiger partial charge is 0.248 e. The minimum Gasteiger partial charge on any atom is -0.397 e. The lowest BCUT2D eigenvalue weighted by Gasteiger charge is -2.10. The van der Waals surface area contributed by atoms with Crippen LogP contribution in [0.1, 0.15) is 21.6 Å². The summed E-state index contributed by atoms with van der Waals surface area (Å²) < 4.78 is 0. The molecule has 6 heteroatoms. The lowest BCUT2D eigenvalue weighted by atomic mass is 10.1. The highest BCUT2D eigenvalue weighted by atomic mass is 16.1. The molecule has 2 rings (SSSR count). The number of nitrogens with two attached hydrogens (primary N) is 2. The van der Waals surface area contributed by atoms with E-state index in [0.29, 0.717) is 23.5 Å². The van der Waals surface area contributed by atoms with E-state index in [1.807, 2.05) is 6.92 Å². The number of hydrogen-bond acceptors (Lipinski definition) is 4. The van der Waals surface area contributed by atoms with E-state index in [0.717, 1.165) is 11.3 Å². The third-order valence-corrected chi connectivity index (χ3v) is 2.74. The second-order valence-corrected chi connectivity index (χ2v) is 4.04. The predicted molar refractivity (Wildman–Crippen MR) is 70.0 cm³/mol. The standard InChI is InChI=1S/C12H15N5O/c1-7-9(6-16-17-7)5-15-11-4-8(12(14)18)2-3-10(11)13/h2-4,6,15H,5,13H2,1H3,(H2,14,18)(H,16,17). The van der Waals surface area contributed by atoms with Crippen molar-refractivity contribution in [3.8, 4) is 0 Å². The number of hydrogen-bond donors (Lipinski definition) is 4. The Labute approximate surface area is 104 Å². The molecule has 0 saturated carbocycles. The first-order chi connectivity index (χ1) is 8.58. The summed E-state index contributed by atoms with van der Waals surface area (Å²) in [6.45, 7) is 2.52. The number of nitrogen functional groups attached to an aromatic ring is 1. The third kappa shape index (κ3) is 2.42. The molecule has 1 heterocycles. The van der Waals surface area contributed by atoms with Gasteiger partial charge in [0.2, 0.25) is 5.91 Å². The molecule has 0 saturated heterocycles. The second-order valence-electron chi connectivity index (χ2n) is 4.04. The normalized spacial score (nSPS) is 10.3. The molecule has 0 aliphatic heterocycles. The van der Waals surface area contributed by atoms with Crippen LogP contribution in [0.3, 0.4) is 0 Å². The second kappa shape index (κ2) is 4.79. The van der Waals surface area contributed by atoms with Crippen LogP contribution in [0.2, 0.25) is 0 Å². The van der Waals surface area contributed by atoms with Gasteiger partial charge in [-0.05, 0) is 25.1 Å². The average Bonchev–Trinajstić information content (AvgIpc) is 2.73. The third-order valence-electron chi connectivity index (χ3n) is 2.74. The van der Waals surface area contributed by atoms with Crippen molar-refractivity contribution < 1.29 is 4.79 Å². The first-order valence-corrected chi connectivity index (χ1v) is 5.50. The number of aromatic nitrogens is 2. The van der Waals surface area contributed by atoms with E-state index >= 15 is 0 Å². The number of aromatic amines is 1. The molecule has 2 aromatic rings. The van der Waals surface area contributed by atoms with Gasteiger partial charge in [-0.15, -0.1) is 0 Å². The van der Waals surface area contributed by atoms with Crippen LogP contribution in [0, 0.1) is 6.92 Å². The number of anilines is 2. The largest absolute Gasteiger partial charge is 0.397 e. The van der Waals surface area contributed by atoms with Gasteiger partial charge in [0.25, 0.3) is 0 Å². The monoisotopic (exact) mass is 245 g/mol. The molecular formula is C12H15N5O. The summed E-state index contributed by atoms with van der Waals surface area (Å²) in [6.07, 6.45) is 1.75. The summed E-state index contributed by atoms with van der Waals surface area (Å²) in [6, 6.07) is 4.91. The molecule has 1 aromatic heterocycles. The number of rotatable bonds is 4. The summed E-state index contributed by atoms with van der Waals surface area (Å²) in [5, 5.41) is 9.94. The number of carbonyl (C=O) groups is 1. The Bertz CT molecular complexity index is 576. The van der Waals surface area contributed by atoms with Crippen molar-refractivity contribution in [2.24, 2.45) is 5.73 Å². The van der Waals surface area contributed by atoms with Gasteiger partial charge in [0, 0.05) is 23.4 Å². The van der Waals surface area contributed by atoms with Crippen LogP contribution in [0.25, 0.3) is 0 Å². The number of amides is 1. The lowest BCUT2D eigenvalue weighted by Crippen LogP contribution is -2.12. The molecule has 6 N–H and O–H groups in total. The van der Waals surface area contributed by atoms with Gasteiger partial charge >= 0.3 is 0 Å². The van der Waals surface area contributed by atoms with Crippen molar-refractivity contribution in [3.05, 3.63) is 41.2 Å². The van der Waals surface area contributed by atoms with E-state index in [1.165, 1.54) is 0 Å². The Morgan fingerprint density at radius 1 is 1.50 bits per heavy atom. The van der Waals surface area contributed by atoms with E-state index in [4.69, 9.17) is 11.5 Å². The highest BCUT2D eigenvalue weighted by Gasteiger charge is 2.06. The molecule has 0 unspecified atom stereocenters. The molecule has 0 atom stereocenters. The van der Waals surface area contributed by atoms with Crippen LogP contribution >= 0.6 is 0 Å². The van der Waals surface area contributed by atoms with Gasteiger partial charge in [-0.1, -0.05) is 0 Å². The Kier molecular flexibility index (Phi) is 3.18. The molecule has 0 bridgehead atoms. The first kappa shape index (κ1) is 12.0.